The lowest BCUT2D eigenvalue weighted by Crippen LogP contribution is -2.51. The van der Waals surface area contributed by atoms with Crippen molar-refractivity contribution in [2.24, 2.45) is 5.92 Å². The molecule has 4 amide bonds. The highest BCUT2D eigenvalue weighted by molar-refractivity contribution is 6.05. The number of ether oxygens (including phenoxy) is 2. The van der Waals surface area contributed by atoms with Crippen LogP contribution in [0.15, 0.2) is 18.2 Å². The summed E-state index contributed by atoms with van der Waals surface area (Å²) in [6, 6.07) is 4.84. The summed E-state index contributed by atoms with van der Waals surface area (Å²) >= 11 is 0. The minimum atomic E-state index is -0.805. The fourth-order valence-electron chi connectivity index (χ4n) is 5.78. The van der Waals surface area contributed by atoms with Crippen LogP contribution in [0.3, 0.4) is 0 Å². The molecule has 0 bridgehead atoms. The number of methoxy groups -OCH3 is 2. The van der Waals surface area contributed by atoms with Gasteiger partial charge in [-0.05, 0) is 68.8 Å². The molecule has 0 unspecified atom stereocenters. The first-order valence-corrected chi connectivity index (χ1v) is 12.7. The Morgan fingerprint density at radius 2 is 1.86 bits per heavy atom. The van der Waals surface area contributed by atoms with Crippen LogP contribution in [0.25, 0.3) is 0 Å². The summed E-state index contributed by atoms with van der Waals surface area (Å²) in [5.74, 6) is 1.26. The van der Waals surface area contributed by atoms with Crippen molar-refractivity contribution in [2.75, 3.05) is 47.4 Å². The van der Waals surface area contributed by atoms with Gasteiger partial charge in [-0.2, -0.15) is 0 Å². The molecule has 0 radical (unpaired) electrons. The molecule has 3 fully saturated rings. The standard InChI is InChI=1S/C26H38N4O5/c1-28(17-19-7-6-13-29-12-5-4-8-21(19)29)24(31)16-20-25(32)30(26(33)27-20)14-11-18-9-10-22(34-2)23(15-18)35-3/h9-10,15,19-21H,4-8,11-14,16-17H2,1-3H3,(H,27,33)/t19-,20-,21-/m1/s1. The third-order valence-corrected chi connectivity index (χ3v) is 7.72. The topological polar surface area (TPSA) is 91.4 Å². The number of benzene rings is 1. The van der Waals surface area contributed by atoms with Gasteiger partial charge in [-0.1, -0.05) is 12.5 Å². The van der Waals surface area contributed by atoms with E-state index in [1.165, 1.54) is 43.7 Å². The van der Waals surface area contributed by atoms with Crippen LogP contribution in [-0.4, -0.2) is 92.1 Å². The lowest BCUT2D eigenvalue weighted by molar-refractivity contribution is -0.135. The van der Waals surface area contributed by atoms with Gasteiger partial charge in [-0.15, -0.1) is 0 Å². The molecule has 0 spiro atoms. The predicted octanol–water partition coefficient (Wildman–Crippen LogP) is 2.28. The second kappa shape index (κ2) is 11.3. The molecule has 4 rings (SSSR count). The Morgan fingerprint density at radius 3 is 2.63 bits per heavy atom. The second-order valence-corrected chi connectivity index (χ2v) is 9.91. The molecule has 192 valence electrons. The maximum atomic E-state index is 13.0. The predicted molar refractivity (Wildman–Crippen MR) is 131 cm³/mol. The SMILES string of the molecule is COc1ccc(CCN2C(=O)N[C@H](CC(=O)N(C)C[C@H]3CCCN4CCCC[C@H]34)C2=O)cc1OC. The van der Waals surface area contributed by atoms with E-state index in [9.17, 15) is 14.4 Å². The molecule has 35 heavy (non-hydrogen) atoms. The van der Waals surface area contributed by atoms with E-state index >= 15 is 0 Å². The highest BCUT2D eigenvalue weighted by Crippen LogP contribution is 2.31. The summed E-state index contributed by atoms with van der Waals surface area (Å²) in [5.41, 5.74) is 0.923. The first-order valence-electron chi connectivity index (χ1n) is 12.7. The molecule has 3 heterocycles. The molecule has 9 nitrogen and oxygen atoms in total. The summed E-state index contributed by atoms with van der Waals surface area (Å²) in [4.78, 5) is 43.9. The number of nitrogens with zero attached hydrogens (tertiary/aromatic N) is 3. The normalized spacial score (nSPS) is 24.7. The van der Waals surface area contributed by atoms with Crippen molar-refractivity contribution >= 4 is 17.8 Å². The highest BCUT2D eigenvalue weighted by Gasteiger charge is 2.40. The Bertz CT molecular complexity index is 936. The lowest BCUT2D eigenvalue weighted by atomic mass is 9.83. The zero-order valence-corrected chi connectivity index (χ0v) is 21.1. The van der Waals surface area contributed by atoms with Crippen LogP contribution in [0.4, 0.5) is 4.79 Å². The number of nitrogens with one attached hydrogen (secondary N) is 1. The molecule has 3 atom stereocenters. The molecule has 3 saturated heterocycles. The quantitative estimate of drug-likeness (QED) is 0.539. The molecule has 1 N–H and O–H groups in total. The average molecular weight is 487 g/mol. The van der Waals surface area contributed by atoms with Crippen molar-refractivity contribution in [3.63, 3.8) is 0 Å². The van der Waals surface area contributed by atoms with Crippen molar-refractivity contribution in [3.8, 4) is 11.5 Å². The van der Waals surface area contributed by atoms with Crippen LogP contribution in [0.1, 0.15) is 44.1 Å². The van der Waals surface area contributed by atoms with Crippen LogP contribution >= 0.6 is 0 Å². The van der Waals surface area contributed by atoms with Crippen LogP contribution in [0.2, 0.25) is 0 Å². The Balaban J connectivity index is 1.29. The van der Waals surface area contributed by atoms with E-state index in [0.717, 1.165) is 12.0 Å². The van der Waals surface area contributed by atoms with E-state index in [1.54, 1.807) is 25.2 Å². The minimum absolute atomic E-state index is 0.00493. The van der Waals surface area contributed by atoms with Gasteiger partial charge in [0.15, 0.2) is 11.5 Å². The third-order valence-electron chi connectivity index (χ3n) is 7.72. The van der Waals surface area contributed by atoms with Gasteiger partial charge in [0.25, 0.3) is 5.91 Å². The smallest absolute Gasteiger partial charge is 0.324 e. The van der Waals surface area contributed by atoms with Crippen molar-refractivity contribution < 1.29 is 23.9 Å². The zero-order valence-electron chi connectivity index (χ0n) is 21.1. The summed E-state index contributed by atoms with van der Waals surface area (Å²) in [5, 5.41) is 2.70. The first kappa shape index (κ1) is 25.3. The van der Waals surface area contributed by atoms with Gasteiger partial charge >= 0.3 is 6.03 Å². The van der Waals surface area contributed by atoms with E-state index in [0.29, 0.717) is 36.4 Å². The number of hydrogen-bond acceptors (Lipinski definition) is 6. The molecule has 0 aromatic heterocycles. The van der Waals surface area contributed by atoms with Crippen molar-refractivity contribution in [2.45, 2.75) is 57.0 Å². The maximum absolute atomic E-state index is 13.0. The fourth-order valence-corrected chi connectivity index (χ4v) is 5.78. The Hall–Kier alpha value is -2.81. The van der Waals surface area contributed by atoms with Crippen LogP contribution in [0.5, 0.6) is 11.5 Å². The van der Waals surface area contributed by atoms with Crippen molar-refractivity contribution in [3.05, 3.63) is 23.8 Å². The van der Waals surface area contributed by atoms with Gasteiger partial charge < -0.3 is 24.6 Å². The molecule has 9 heteroatoms. The summed E-state index contributed by atoms with van der Waals surface area (Å²) in [6.07, 6.45) is 6.53. The molecule has 0 aliphatic carbocycles. The molecule has 1 aromatic carbocycles. The Labute approximate surface area is 207 Å². The van der Waals surface area contributed by atoms with Gasteiger partial charge in [0.2, 0.25) is 5.91 Å². The van der Waals surface area contributed by atoms with Gasteiger partial charge in [-0.25, -0.2) is 4.79 Å². The highest BCUT2D eigenvalue weighted by atomic mass is 16.5. The van der Waals surface area contributed by atoms with Gasteiger partial charge in [0, 0.05) is 26.2 Å². The minimum Gasteiger partial charge on any atom is -0.493 e. The van der Waals surface area contributed by atoms with Gasteiger partial charge in [0.05, 0.1) is 20.6 Å². The number of piperidine rings is 2. The average Bonchev–Trinajstić information content (AvgIpc) is 3.14. The maximum Gasteiger partial charge on any atom is 0.324 e. The van der Waals surface area contributed by atoms with Crippen LogP contribution in [0, 0.1) is 5.92 Å². The van der Waals surface area contributed by atoms with E-state index < -0.39 is 12.1 Å². The van der Waals surface area contributed by atoms with Gasteiger partial charge in [-0.3, -0.25) is 14.5 Å². The van der Waals surface area contributed by atoms with E-state index in [4.69, 9.17) is 9.47 Å². The zero-order chi connectivity index (χ0) is 24.9. The number of fused-ring (bicyclic) bond motifs is 1. The number of urea groups is 1. The molecule has 3 aliphatic heterocycles. The van der Waals surface area contributed by atoms with Crippen molar-refractivity contribution in [1.82, 2.24) is 20.0 Å². The number of imide groups is 1. The molecule has 1 aromatic rings. The molecular formula is C26H38N4O5. The number of rotatable bonds is 9. The first-order chi connectivity index (χ1) is 16.9. The van der Waals surface area contributed by atoms with E-state index in [2.05, 4.69) is 10.2 Å². The number of carbonyl (C=O) groups is 3. The van der Waals surface area contributed by atoms with Crippen LogP contribution in [-0.2, 0) is 16.0 Å². The summed E-state index contributed by atoms with van der Waals surface area (Å²) in [7, 11) is 4.96. The molecule has 3 aliphatic rings. The lowest BCUT2D eigenvalue weighted by Gasteiger charge is -2.45. The fraction of sp³-hybridized carbons (Fsp3) is 0.654. The van der Waals surface area contributed by atoms with E-state index in [1.807, 2.05) is 19.2 Å². The Morgan fingerprint density at radius 1 is 1.09 bits per heavy atom. The Kier molecular flexibility index (Phi) is 8.15. The summed E-state index contributed by atoms with van der Waals surface area (Å²) < 4.78 is 10.6. The largest absolute Gasteiger partial charge is 0.493 e. The van der Waals surface area contributed by atoms with Crippen molar-refractivity contribution in [1.29, 1.82) is 0 Å². The molecule has 0 saturated carbocycles. The van der Waals surface area contributed by atoms with Crippen LogP contribution < -0.4 is 14.8 Å². The monoisotopic (exact) mass is 486 g/mol. The number of hydrogen-bond donors (Lipinski definition) is 1. The number of carbonyl (C=O) groups excluding carboxylic acids is 3. The third kappa shape index (κ3) is 5.72. The van der Waals surface area contributed by atoms with Gasteiger partial charge in [0.1, 0.15) is 6.04 Å². The summed E-state index contributed by atoms with van der Waals surface area (Å²) in [6.45, 7) is 3.28. The number of amides is 4. The second-order valence-electron chi connectivity index (χ2n) is 9.91. The molecular weight excluding hydrogens is 448 g/mol. The van der Waals surface area contributed by atoms with E-state index in [-0.39, 0.29) is 24.8 Å².